The van der Waals surface area contributed by atoms with Gasteiger partial charge in [-0.25, -0.2) is 4.39 Å². The summed E-state index contributed by atoms with van der Waals surface area (Å²) in [4.78, 5) is 18.5. The Morgan fingerprint density at radius 2 is 2.20 bits per heavy atom. The fourth-order valence-corrected chi connectivity index (χ4v) is 3.21. The Kier molecular flexibility index (Phi) is 5.60. The molecule has 5 nitrogen and oxygen atoms in total. The minimum Gasteiger partial charge on any atom is -0.506 e. The van der Waals surface area contributed by atoms with Crippen molar-refractivity contribution < 1.29 is 14.3 Å². The van der Waals surface area contributed by atoms with Gasteiger partial charge in [-0.15, -0.1) is 0 Å². The van der Waals surface area contributed by atoms with E-state index >= 15 is 0 Å². The lowest BCUT2D eigenvalue weighted by Gasteiger charge is -2.32. The highest BCUT2D eigenvalue weighted by Gasteiger charge is 2.25. The molecule has 0 bridgehead atoms. The molecule has 0 spiro atoms. The van der Waals surface area contributed by atoms with Crippen molar-refractivity contribution in [3.63, 3.8) is 0 Å². The fourth-order valence-electron chi connectivity index (χ4n) is 3.21. The van der Waals surface area contributed by atoms with Gasteiger partial charge in [-0.05, 0) is 48.7 Å². The maximum atomic E-state index is 13.3. The number of halogens is 1. The summed E-state index contributed by atoms with van der Waals surface area (Å²) < 4.78 is 13.3. The molecule has 2 heterocycles. The third-order valence-electron chi connectivity index (χ3n) is 4.42. The Labute approximate surface area is 146 Å². The number of nitrogens with one attached hydrogen (secondary N) is 1. The van der Waals surface area contributed by atoms with Crippen molar-refractivity contribution in [1.82, 2.24) is 15.2 Å². The van der Waals surface area contributed by atoms with E-state index in [4.69, 9.17) is 0 Å². The normalized spacial score (nSPS) is 18.0. The average Bonchev–Trinajstić information content (AvgIpc) is 2.60. The average molecular weight is 343 g/mol. The zero-order valence-corrected chi connectivity index (χ0v) is 14.0. The number of amides is 1. The lowest BCUT2D eigenvalue weighted by Crippen LogP contribution is -2.42. The van der Waals surface area contributed by atoms with E-state index in [2.05, 4.69) is 15.2 Å². The molecule has 2 aromatic rings. The predicted octanol–water partition coefficient (Wildman–Crippen LogP) is 2.45. The molecule has 6 heteroatoms. The quantitative estimate of drug-likeness (QED) is 0.875. The van der Waals surface area contributed by atoms with Crippen LogP contribution in [0.3, 0.4) is 0 Å². The standard InChI is InChI=1S/C19H22FN3O2/c20-17-5-1-3-14(7-17)12-23-6-2-4-16(13-23)19(25)22-10-15-8-18(24)11-21-9-15/h1,3,5,7-9,11,16,24H,2,4,6,10,12-13H2,(H,22,25). The van der Waals surface area contributed by atoms with E-state index in [-0.39, 0.29) is 23.4 Å². The van der Waals surface area contributed by atoms with Crippen LogP contribution in [0.4, 0.5) is 4.39 Å². The molecule has 0 saturated carbocycles. The number of carbonyl (C=O) groups excluding carboxylic acids is 1. The van der Waals surface area contributed by atoms with Crippen molar-refractivity contribution in [1.29, 1.82) is 0 Å². The first kappa shape index (κ1) is 17.4. The molecule has 1 atom stereocenters. The van der Waals surface area contributed by atoms with Gasteiger partial charge in [0.25, 0.3) is 0 Å². The second-order valence-electron chi connectivity index (χ2n) is 6.47. The Bertz CT molecular complexity index is 738. The Morgan fingerprint density at radius 3 is 3.00 bits per heavy atom. The van der Waals surface area contributed by atoms with Crippen LogP contribution in [0.5, 0.6) is 5.75 Å². The summed E-state index contributed by atoms with van der Waals surface area (Å²) in [5.41, 5.74) is 1.69. The summed E-state index contributed by atoms with van der Waals surface area (Å²) in [6.45, 7) is 2.58. The van der Waals surface area contributed by atoms with Crippen LogP contribution in [0.15, 0.2) is 42.7 Å². The van der Waals surface area contributed by atoms with Gasteiger partial charge in [0.2, 0.25) is 5.91 Å². The molecule has 1 aromatic heterocycles. The van der Waals surface area contributed by atoms with Gasteiger partial charge in [0.1, 0.15) is 11.6 Å². The molecule has 1 aliphatic heterocycles. The lowest BCUT2D eigenvalue weighted by atomic mass is 9.96. The highest BCUT2D eigenvalue weighted by atomic mass is 19.1. The molecule has 132 valence electrons. The zero-order chi connectivity index (χ0) is 17.6. The molecule has 1 fully saturated rings. The number of carbonyl (C=O) groups is 1. The van der Waals surface area contributed by atoms with Gasteiger partial charge in [0, 0.05) is 25.8 Å². The predicted molar refractivity (Wildman–Crippen MR) is 92.1 cm³/mol. The molecule has 1 amide bonds. The van der Waals surface area contributed by atoms with Gasteiger partial charge in [0.05, 0.1) is 12.1 Å². The van der Waals surface area contributed by atoms with Crippen LogP contribution in [0, 0.1) is 11.7 Å². The first-order valence-corrected chi connectivity index (χ1v) is 8.47. The number of nitrogens with zero attached hydrogens (tertiary/aromatic N) is 2. The molecule has 0 radical (unpaired) electrons. The number of aromatic hydroxyl groups is 1. The van der Waals surface area contributed by atoms with Gasteiger partial charge in [-0.2, -0.15) is 0 Å². The Hall–Kier alpha value is -2.47. The van der Waals surface area contributed by atoms with Crippen molar-refractivity contribution in [2.75, 3.05) is 13.1 Å². The van der Waals surface area contributed by atoms with Crippen LogP contribution in [0.25, 0.3) is 0 Å². The number of aromatic nitrogens is 1. The number of pyridine rings is 1. The van der Waals surface area contributed by atoms with Crippen LogP contribution in [0.1, 0.15) is 24.0 Å². The molecule has 2 N–H and O–H groups in total. The number of piperidine rings is 1. The summed E-state index contributed by atoms with van der Waals surface area (Å²) >= 11 is 0. The van der Waals surface area contributed by atoms with Crippen molar-refractivity contribution in [2.24, 2.45) is 5.92 Å². The van der Waals surface area contributed by atoms with Crippen LogP contribution in [0.2, 0.25) is 0 Å². The van der Waals surface area contributed by atoms with E-state index < -0.39 is 0 Å². The van der Waals surface area contributed by atoms with Gasteiger partial charge in [-0.3, -0.25) is 14.7 Å². The minimum absolute atomic E-state index is 0.00675. The number of hydrogen-bond acceptors (Lipinski definition) is 4. The highest BCUT2D eigenvalue weighted by Crippen LogP contribution is 2.19. The smallest absolute Gasteiger partial charge is 0.224 e. The number of rotatable bonds is 5. The molecular formula is C19H22FN3O2. The van der Waals surface area contributed by atoms with Crippen LogP contribution < -0.4 is 5.32 Å². The van der Waals surface area contributed by atoms with Gasteiger partial charge < -0.3 is 10.4 Å². The monoisotopic (exact) mass is 343 g/mol. The van der Waals surface area contributed by atoms with Crippen LogP contribution in [-0.2, 0) is 17.9 Å². The highest BCUT2D eigenvalue weighted by molar-refractivity contribution is 5.78. The third-order valence-corrected chi connectivity index (χ3v) is 4.42. The second-order valence-corrected chi connectivity index (χ2v) is 6.47. The van der Waals surface area contributed by atoms with Crippen molar-refractivity contribution >= 4 is 5.91 Å². The summed E-state index contributed by atoms with van der Waals surface area (Å²) in [6.07, 6.45) is 4.78. The Balaban J connectivity index is 1.52. The first-order valence-electron chi connectivity index (χ1n) is 8.47. The van der Waals surface area contributed by atoms with E-state index in [1.165, 1.54) is 12.3 Å². The molecule has 25 heavy (non-hydrogen) atoms. The summed E-state index contributed by atoms with van der Waals surface area (Å²) in [6, 6.07) is 8.18. The van der Waals surface area contributed by atoms with E-state index in [9.17, 15) is 14.3 Å². The van der Waals surface area contributed by atoms with E-state index in [1.807, 2.05) is 6.07 Å². The number of hydrogen-bond donors (Lipinski definition) is 2. The molecule has 1 saturated heterocycles. The topological polar surface area (TPSA) is 65.5 Å². The minimum atomic E-state index is -0.233. The SMILES string of the molecule is O=C(NCc1cncc(O)c1)C1CCCN(Cc2cccc(F)c2)C1. The third kappa shape index (κ3) is 5.00. The van der Waals surface area contributed by atoms with Crippen molar-refractivity contribution in [3.05, 3.63) is 59.7 Å². The maximum absolute atomic E-state index is 13.3. The largest absolute Gasteiger partial charge is 0.506 e. The molecule has 1 unspecified atom stereocenters. The van der Waals surface area contributed by atoms with E-state index in [0.29, 0.717) is 19.6 Å². The lowest BCUT2D eigenvalue weighted by molar-refractivity contribution is -0.126. The second kappa shape index (κ2) is 8.07. The van der Waals surface area contributed by atoms with E-state index in [0.717, 1.165) is 30.5 Å². The first-order chi connectivity index (χ1) is 12.1. The van der Waals surface area contributed by atoms with Crippen LogP contribution in [-0.4, -0.2) is 34.0 Å². The number of likely N-dealkylation sites (tertiary alicyclic amines) is 1. The summed E-state index contributed by atoms with van der Waals surface area (Å²) in [5.74, 6) is -0.214. The van der Waals surface area contributed by atoms with E-state index in [1.54, 1.807) is 24.4 Å². The van der Waals surface area contributed by atoms with Gasteiger partial charge in [-0.1, -0.05) is 12.1 Å². The van der Waals surface area contributed by atoms with Gasteiger partial charge in [0.15, 0.2) is 0 Å². The zero-order valence-electron chi connectivity index (χ0n) is 14.0. The van der Waals surface area contributed by atoms with Gasteiger partial charge >= 0.3 is 0 Å². The molecule has 1 aliphatic rings. The molecule has 0 aliphatic carbocycles. The molecule has 1 aromatic carbocycles. The van der Waals surface area contributed by atoms with Crippen LogP contribution >= 0.6 is 0 Å². The molecule has 3 rings (SSSR count). The Morgan fingerprint density at radius 1 is 1.32 bits per heavy atom. The summed E-state index contributed by atoms with van der Waals surface area (Å²) in [7, 11) is 0. The van der Waals surface area contributed by atoms with Crippen molar-refractivity contribution in [3.8, 4) is 5.75 Å². The summed E-state index contributed by atoms with van der Waals surface area (Å²) in [5, 5.41) is 12.3. The fraction of sp³-hybridized carbons (Fsp3) is 0.368. The number of benzene rings is 1. The van der Waals surface area contributed by atoms with Crippen molar-refractivity contribution in [2.45, 2.75) is 25.9 Å². The maximum Gasteiger partial charge on any atom is 0.224 e. The molecular weight excluding hydrogens is 321 g/mol.